The lowest BCUT2D eigenvalue weighted by molar-refractivity contribution is 0.0374. The van der Waals surface area contributed by atoms with Gasteiger partial charge in [0.2, 0.25) is 0 Å². The monoisotopic (exact) mass is 557 g/mol. The Morgan fingerprint density at radius 2 is 1.88 bits per heavy atom. The first kappa shape index (κ1) is 26.7. The number of halogens is 3. The van der Waals surface area contributed by atoms with Crippen LogP contribution in [-0.4, -0.2) is 34.2 Å². The number of fused-ring (bicyclic) bond motifs is 3. The molecule has 3 heterocycles. The molecule has 1 aliphatic heterocycles. The maximum absolute atomic E-state index is 15.8. The number of rotatable bonds is 6. The Hall–Kier alpha value is -4.49. The first-order chi connectivity index (χ1) is 19.8. The molecule has 1 saturated heterocycles. The molecule has 208 valence electrons. The smallest absolute Gasteiger partial charge is 0.314 e. The van der Waals surface area contributed by atoms with Gasteiger partial charge in [-0.3, -0.25) is 9.36 Å². The number of hydrogen-bond acceptors (Lipinski definition) is 6. The highest BCUT2D eigenvalue weighted by Crippen LogP contribution is 2.51. The molecule has 0 bridgehead atoms. The lowest BCUT2D eigenvalue weighted by Gasteiger charge is -2.24. The van der Waals surface area contributed by atoms with Crippen molar-refractivity contribution in [3.8, 4) is 34.3 Å². The number of nitrogens with one attached hydrogen (secondary N) is 1. The van der Waals surface area contributed by atoms with E-state index in [4.69, 9.17) is 4.74 Å². The Kier molecular flexibility index (Phi) is 6.83. The predicted octanol–water partition coefficient (Wildman–Crippen LogP) is 5.42. The Bertz CT molecular complexity index is 1720. The van der Waals surface area contributed by atoms with E-state index in [1.54, 1.807) is 43.6 Å². The number of alkyl halides is 2. The normalized spacial score (nSPS) is 16.5. The first-order valence-electron chi connectivity index (χ1n) is 13.4. The van der Waals surface area contributed by atoms with Crippen molar-refractivity contribution in [3.63, 3.8) is 0 Å². The Labute approximate surface area is 234 Å². The standard InChI is InChI=1S/C31H26F3N5O2/c1-18(39-28-25(13-27(32)30(39)40)24-11-20(14-35)5-6-26(24)31(28,33)34)21-3-2-4-22(12-21)29-37-15-23(16-38-29)41-17-19-7-9-36-10-8-19/h2-6,11-13,15-16,18-19,36H,7-10,17H2,1H3/t18-/m1/s1. The summed E-state index contributed by atoms with van der Waals surface area (Å²) in [5.41, 5.74) is -0.930. The van der Waals surface area contributed by atoms with Crippen LogP contribution in [0, 0.1) is 23.1 Å². The van der Waals surface area contributed by atoms with Crippen LogP contribution in [0.25, 0.3) is 22.5 Å². The molecule has 0 radical (unpaired) electrons. The zero-order chi connectivity index (χ0) is 28.7. The number of hydrogen-bond donors (Lipinski definition) is 1. The van der Waals surface area contributed by atoms with E-state index in [-0.39, 0.29) is 22.3 Å². The summed E-state index contributed by atoms with van der Waals surface area (Å²) in [6.45, 7) is 4.12. The Morgan fingerprint density at radius 1 is 1.12 bits per heavy atom. The molecule has 0 spiro atoms. The quantitative estimate of drug-likeness (QED) is 0.340. The minimum atomic E-state index is -3.57. The highest BCUT2D eigenvalue weighted by atomic mass is 19.3. The number of ether oxygens (including phenoxy) is 1. The third-order valence-corrected chi connectivity index (χ3v) is 7.85. The van der Waals surface area contributed by atoms with Crippen molar-refractivity contribution >= 4 is 0 Å². The van der Waals surface area contributed by atoms with Crippen molar-refractivity contribution < 1.29 is 17.9 Å². The number of nitriles is 1. The van der Waals surface area contributed by atoms with E-state index in [0.717, 1.165) is 42.6 Å². The summed E-state index contributed by atoms with van der Waals surface area (Å²) in [4.78, 5) is 21.9. The van der Waals surface area contributed by atoms with E-state index in [1.165, 1.54) is 12.1 Å². The SMILES string of the molecule is C[C@H](c1cccc(-c2ncc(OCC3CCNCC3)cn2)c1)n1c2c(cc(F)c1=O)-c1cc(C#N)ccc1C2(F)F. The average molecular weight is 558 g/mol. The molecule has 7 nitrogen and oxygen atoms in total. The first-order valence-corrected chi connectivity index (χ1v) is 13.4. The van der Waals surface area contributed by atoms with Gasteiger partial charge in [0.25, 0.3) is 5.56 Å². The van der Waals surface area contributed by atoms with E-state index >= 15 is 8.78 Å². The van der Waals surface area contributed by atoms with Gasteiger partial charge in [0.1, 0.15) is 5.69 Å². The summed E-state index contributed by atoms with van der Waals surface area (Å²) in [7, 11) is 0. The number of piperidine rings is 1. The largest absolute Gasteiger partial charge is 0.490 e. The van der Waals surface area contributed by atoms with Gasteiger partial charge in [-0.1, -0.05) is 24.3 Å². The molecule has 1 atom stereocenters. The number of pyridine rings is 1. The van der Waals surface area contributed by atoms with Gasteiger partial charge in [0.15, 0.2) is 17.4 Å². The van der Waals surface area contributed by atoms with Crippen LogP contribution in [0.15, 0.2) is 65.7 Å². The van der Waals surface area contributed by atoms with E-state index in [9.17, 15) is 14.4 Å². The molecule has 10 heteroatoms. The van der Waals surface area contributed by atoms with Gasteiger partial charge in [0, 0.05) is 16.7 Å². The van der Waals surface area contributed by atoms with Gasteiger partial charge in [-0.15, -0.1) is 0 Å². The highest BCUT2D eigenvalue weighted by molar-refractivity contribution is 5.79. The summed E-state index contributed by atoms with van der Waals surface area (Å²) in [6, 6.07) is 12.4. The fraction of sp³-hybridized carbons (Fsp3) is 0.290. The topological polar surface area (TPSA) is 92.8 Å². The van der Waals surface area contributed by atoms with Crippen LogP contribution >= 0.6 is 0 Å². The molecule has 2 aliphatic rings. The van der Waals surface area contributed by atoms with Crippen molar-refractivity contribution in [3.05, 3.63) is 99.5 Å². The van der Waals surface area contributed by atoms with Crippen LogP contribution < -0.4 is 15.6 Å². The molecule has 2 aromatic carbocycles. The van der Waals surface area contributed by atoms with Gasteiger partial charge in [0.05, 0.1) is 36.7 Å². The Balaban J connectivity index is 1.32. The molecule has 2 aromatic heterocycles. The maximum atomic E-state index is 15.8. The molecule has 0 amide bonds. The molecule has 0 unspecified atom stereocenters. The second kappa shape index (κ2) is 10.5. The second-order valence-corrected chi connectivity index (χ2v) is 10.4. The van der Waals surface area contributed by atoms with Crippen molar-refractivity contribution in [2.24, 2.45) is 5.92 Å². The molecule has 6 rings (SSSR count). The van der Waals surface area contributed by atoms with E-state index in [1.807, 2.05) is 6.07 Å². The third-order valence-electron chi connectivity index (χ3n) is 7.85. The van der Waals surface area contributed by atoms with Crippen LogP contribution in [0.3, 0.4) is 0 Å². The van der Waals surface area contributed by atoms with Gasteiger partial charge in [-0.25, -0.2) is 14.4 Å². The zero-order valence-corrected chi connectivity index (χ0v) is 22.2. The summed E-state index contributed by atoms with van der Waals surface area (Å²) >= 11 is 0. The van der Waals surface area contributed by atoms with Gasteiger partial charge < -0.3 is 10.1 Å². The molecule has 1 fully saturated rings. The van der Waals surface area contributed by atoms with Crippen LogP contribution in [0.4, 0.5) is 13.2 Å². The predicted molar refractivity (Wildman–Crippen MR) is 146 cm³/mol. The Morgan fingerprint density at radius 3 is 2.61 bits per heavy atom. The van der Waals surface area contributed by atoms with Crippen LogP contribution in [0.1, 0.15) is 48.2 Å². The minimum absolute atomic E-state index is 0.0357. The summed E-state index contributed by atoms with van der Waals surface area (Å²) in [6.07, 6.45) is 5.30. The van der Waals surface area contributed by atoms with Crippen molar-refractivity contribution in [2.75, 3.05) is 19.7 Å². The summed E-state index contributed by atoms with van der Waals surface area (Å²) in [5, 5.41) is 12.6. The molecule has 0 saturated carbocycles. The summed E-state index contributed by atoms with van der Waals surface area (Å²) in [5.74, 6) is -3.28. The number of aromatic nitrogens is 3. The lowest BCUT2D eigenvalue weighted by Crippen LogP contribution is -2.33. The van der Waals surface area contributed by atoms with E-state index < -0.39 is 29.0 Å². The highest BCUT2D eigenvalue weighted by Gasteiger charge is 2.48. The van der Waals surface area contributed by atoms with Crippen molar-refractivity contribution in [1.82, 2.24) is 19.9 Å². The number of nitrogens with zero attached hydrogens (tertiary/aromatic N) is 4. The molecule has 1 aliphatic carbocycles. The van der Waals surface area contributed by atoms with Gasteiger partial charge >= 0.3 is 5.92 Å². The fourth-order valence-corrected chi connectivity index (χ4v) is 5.63. The zero-order valence-electron chi connectivity index (χ0n) is 22.2. The van der Waals surface area contributed by atoms with E-state index in [2.05, 4.69) is 15.3 Å². The molecule has 4 aromatic rings. The van der Waals surface area contributed by atoms with Crippen LogP contribution in [0.2, 0.25) is 0 Å². The maximum Gasteiger partial charge on any atom is 0.314 e. The number of benzene rings is 2. The van der Waals surface area contributed by atoms with Gasteiger partial charge in [-0.2, -0.15) is 14.0 Å². The molecular weight excluding hydrogens is 531 g/mol. The van der Waals surface area contributed by atoms with Gasteiger partial charge in [-0.05, 0) is 74.2 Å². The fourth-order valence-electron chi connectivity index (χ4n) is 5.63. The van der Waals surface area contributed by atoms with Crippen molar-refractivity contribution in [2.45, 2.75) is 31.7 Å². The molecule has 41 heavy (non-hydrogen) atoms. The van der Waals surface area contributed by atoms with E-state index in [0.29, 0.717) is 35.2 Å². The van der Waals surface area contributed by atoms with Crippen LogP contribution in [0.5, 0.6) is 5.75 Å². The second-order valence-electron chi connectivity index (χ2n) is 10.4. The summed E-state index contributed by atoms with van der Waals surface area (Å²) < 4.78 is 53.2. The molecule has 1 N–H and O–H groups in total. The van der Waals surface area contributed by atoms with Crippen molar-refractivity contribution in [1.29, 1.82) is 5.26 Å². The third kappa shape index (κ3) is 4.76. The van der Waals surface area contributed by atoms with Crippen LogP contribution in [-0.2, 0) is 5.92 Å². The molecular formula is C31H26F3N5O2. The minimum Gasteiger partial charge on any atom is -0.490 e. The lowest BCUT2D eigenvalue weighted by atomic mass is 9.99. The average Bonchev–Trinajstić information content (AvgIpc) is 3.22.